The fraction of sp³-hybridized carbons (Fsp3) is 0.417. The van der Waals surface area contributed by atoms with Gasteiger partial charge in [0, 0.05) is 6.20 Å². The molecule has 0 spiro atoms. The highest BCUT2D eigenvalue weighted by molar-refractivity contribution is 6.32. The van der Waals surface area contributed by atoms with Crippen molar-refractivity contribution in [2.45, 2.75) is 26.1 Å². The molecule has 5 nitrogen and oxygen atoms in total. The quantitative estimate of drug-likeness (QED) is 0.861. The minimum Gasteiger partial charge on any atom is -0.310 e. The predicted octanol–water partition coefficient (Wildman–Crippen LogP) is 2.83. The third-order valence-electron chi connectivity index (χ3n) is 2.68. The van der Waals surface area contributed by atoms with Gasteiger partial charge < -0.3 is 5.32 Å². The Bertz CT molecular complexity index is 611. The largest absolute Gasteiger partial charge is 0.417 e. The van der Waals surface area contributed by atoms with Crippen LogP contribution in [0.2, 0.25) is 5.02 Å². The second-order valence-corrected chi connectivity index (χ2v) is 4.70. The van der Waals surface area contributed by atoms with Gasteiger partial charge in [0.25, 0.3) is 0 Å². The topological polar surface area (TPSA) is 55.6 Å². The summed E-state index contributed by atoms with van der Waals surface area (Å²) in [5.74, 6) is 0.646. The number of halogens is 4. The molecule has 0 aromatic carbocycles. The zero-order valence-corrected chi connectivity index (χ0v) is 11.9. The first kappa shape index (κ1) is 15.7. The summed E-state index contributed by atoms with van der Waals surface area (Å²) in [5, 5.41) is 6.95. The van der Waals surface area contributed by atoms with Crippen LogP contribution < -0.4 is 5.32 Å². The molecule has 2 rings (SSSR count). The SMILES string of the molecule is CCCNCc1ncnn1-c1ncc(C(F)(F)F)cc1Cl. The maximum absolute atomic E-state index is 12.6. The number of nitrogens with one attached hydrogen (secondary N) is 1. The van der Waals surface area contributed by atoms with Crippen LogP contribution in [0.1, 0.15) is 24.7 Å². The van der Waals surface area contributed by atoms with E-state index >= 15 is 0 Å². The lowest BCUT2D eigenvalue weighted by atomic mass is 10.3. The van der Waals surface area contributed by atoms with E-state index in [0.717, 1.165) is 25.2 Å². The second kappa shape index (κ2) is 6.40. The summed E-state index contributed by atoms with van der Waals surface area (Å²) < 4.78 is 39.1. The lowest BCUT2D eigenvalue weighted by Gasteiger charge is -2.10. The van der Waals surface area contributed by atoms with Gasteiger partial charge in [-0.2, -0.15) is 23.0 Å². The van der Waals surface area contributed by atoms with Crippen LogP contribution >= 0.6 is 11.6 Å². The third-order valence-corrected chi connectivity index (χ3v) is 2.96. The molecule has 0 fully saturated rings. The molecular formula is C12H13ClF3N5. The average molecular weight is 320 g/mol. The lowest BCUT2D eigenvalue weighted by Crippen LogP contribution is -2.18. The molecule has 0 aliphatic rings. The summed E-state index contributed by atoms with van der Waals surface area (Å²) in [6.07, 6.45) is -1.50. The van der Waals surface area contributed by atoms with Gasteiger partial charge in [-0.1, -0.05) is 18.5 Å². The number of alkyl halides is 3. The van der Waals surface area contributed by atoms with E-state index in [-0.39, 0.29) is 10.8 Å². The Labute approximate surface area is 124 Å². The molecule has 9 heteroatoms. The van der Waals surface area contributed by atoms with Crippen LogP contribution in [0.5, 0.6) is 0 Å². The number of nitrogens with zero attached hydrogens (tertiary/aromatic N) is 4. The Hall–Kier alpha value is -1.67. The molecule has 0 saturated carbocycles. The Kier molecular flexibility index (Phi) is 4.79. The van der Waals surface area contributed by atoms with Gasteiger partial charge in [0.15, 0.2) is 5.82 Å². The normalized spacial score (nSPS) is 11.9. The molecule has 0 amide bonds. The fourth-order valence-electron chi connectivity index (χ4n) is 1.68. The summed E-state index contributed by atoms with van der Waals surface area (Å²) in [5.41, 5.74) is -0.901. The van der Waals surface area contributed by atoms with Crippen molar-refractivity contribution in [1.82, 2.24) is 25.1 Å². The highest BCUT2D eigenvalue weighted by Gasteiger charge is 2.31. The average Bonchev–Trinajstić information content (AvgIpc) is 2.86. The first-order chi connectivity index (χ1) is 9.93. The van der Waals surface area contributed by atoms with Crippen LogP contribution in [0, 0.1) is 0 Å². The van der Waals surface area contributed by atoms with E-state index < -0.39 is 11.7 Å². The van der Waals surface area contributed by atoms with Crippen molar-refractivity contribution in [3.63, 3.8) is 0 Å². The van der Waals surface area contributed by atoms with Crippen molar-refractivity contribution in [2.24, 2.45) is 0 Å². The molecule has 2 heterocycles. The predicted molar refractivity (Wildman–Crippen MR) is 71.2 cm³/mol. The molecule has 0 aliphatic heterocycles. The van der Waals surface area contributed by atoms with Gasteiger partial charge in [0.2, 0.25) is 0 Å². The van der Waals surface area contributed by atoms with E-state index in [1.807, 2.05) is 6.92 Å². The Balaban J connectivity index is 2.29. The van der Waals surface area contributed by atoms with Gasteiger partial charge in [-0.15, -0.1) is 0 Å². The molecule has 21 heavy (non-hydrogen) atoms. The van der Waals surface area contributed by atoms with E-state index in [2.05, 4.69) is 20.4 Å². The molecule has 0 saturated heterocycles. The number of hydrogen-bond acceptors (Lipinski definition) is 4. The first-order valence-electron chi connectivity index (χ1n) is 6.26. The van der Waals surface area contributed by atoms with Gasteiger partial charge in [-0.05, 0) is 19.0 Å². The van der Waals surface area contributed by atoms with Crippen molar-refractivity contribution in [1.29, 1.82) is 0 Å². The lowest BCUT2D eigenvalue weighted by molar-refractivity contribution is -0.137. The molecule has 1 N–H and O–H groups in total. The van der Waals surface area contributed by atoms with Gasteiger partial charge in [-0.25, -0.2) is 9.97 Å². The maximum Gasteiger partial charge on any atom is 0.417 e. The third kappa shape index (κ3) is 3.70. The Morgan fingerprint density at radius 3 is 2.71 bits per heavy atom. The number of rotatable bonds is 5. The number of hydrogen-bond donors (Lipinski definition) is 1. The van der Waals surface area contributed by atoms with Crippen molar-refractivity contribution in [2.75, 3.05) is 6.54 Å². The summed E-state index contributed by atoms with van der Waals surface area (Å²) >= 11 is 5.89. The van der Waals surface area contributed by atoms with E-state index in [4.69, 9.17) is 11.6 Å². The van der Waals surface area contributed by atoms with Gasteiger partial charge in [-0.3, -0.25) is 0 Å². The molecular weight excluding hydrogens is 307 g/mol. The first-order valence-corrected chi connectivity index (χ1v) is 6.64. The van der Waals surface area contributed by atoms with Gasteiger partial charge in [0.1, 0.15) is 12.2 Å². The van der Waals surface area contributed by atoms with Crippen molar-refractivity contribution >= 4 is 11.6 Å². The zero-order chi connectivity index (χ0) is 15.5. The second-order valence-electron chi connectivity index (χ2n) is 4.29. The van der Waals surface area contributed by atoms with E-state index in [0.29, 0.717) is 12.4 Å². The molecule has 2 aromatic heterocycles. The van der Waals surface area contributed by atoms with Gasteiger partial charge >= 0.3 is 6.18 Å². The minimum absolute atomic E-state index is 0.121. The Morgan fingerprint density at radius 2 is 2.10 bits per heavy atom. The smallest absolute Gasteiger partial charge is 0.310 e. The van der Waals surface area contributed by atoms with Crippen LogP contribution in [-0.2, 0) is 12.7 Å². The number of aromatic nitrogens is 4. The van der Waals surface area contributed by atoms with Crippen LogP contribution in [0.15, 0.2) is 18.6 Å². The van der Waals surface area contributed by atoms with Gasteiger partial charge in [0.05, 0.1) is 17.1 Å². The molecule has 0 bridgehead atoms. The molecule has 0 atom stereocenters. The van der Waals surface area contributed by atoms with Crippen molar-refractivity contribution in [3.05, 3.63) is 35.0 Å². The molecule has 0 unspecified atom stereocenters. The highest BCUT2D eigenvalue weighted by Crippen LogP contribution is 2.31. The fourth-order valence-corrected chi connectivity index (χ4v) is 1.93. The molecule has 0 radical (unpaired) electrons. The van der Waals surface area contributed by atoms with E-state index in [1.165, 1.54) is 11.0 Å². The van der Waals surface area contributed by atoms with Crippen LogP contribution in [0.4, 0.5) is 13.2 Å². The van der Waals surface area contributed by atoms with Crippen LogP contribution in [0.3, 0.4) is 0 Å². The van der Waals surface area contributed by atoms with Crippen LogP contribution in [0.25, 0.3) is 5.82 Å². The summed E-state index contributed by atoms with van der Waals surface area (Å²) in [7, 11) is 0. The highest BCUT2D eigenvalue weighted by atomic mass is 35.5. The zero-order valence-electron chi connectivity index (χ0n) is 11.2. The molecule has 2 aromatic rings. The Morgan fingerprint density at radius 1 is 1.33 bits per heavy atom. The molecule has 114 valence electrons. The van der Waals surface area contributed by atoms with E-state index in [1.54, 1.807) is 0 Å². The maximum atomic E-state index is 12.6. The minimum atomic E-state index is -4.48. The van der Waals surface area contributed by atoms with E-state index in [9.17, 15) is 13.2 Å². The summed E-state index contributed by atoms with van der Waals surface area (Å²) in [4.78, 5) is 7.80. The number of pyridine rings is 1. The summed E-state index contributed by atoms with van der Waals surface area (Å²) in [6.45, 7) is 3.24. The summed E-state index contributed by atoms with van der Waals surface area (Å²) in [6, 6.07) is 0.828. The standard InChI is InChI=1S/C12H13ClF3N5/c1-2-3-17-6-10-19-7-20-21(10)11-9(13)4-8(5-18-11)12(14,15)16/h4-5,7,17H,2-3,6H2,1H3. The van der Waals surface area contributed by atoms with Crippen molar-refractivity contribution < 1.29 is 13.2 Å². The monoisotopic (exact) mass is 319 g/mol. The van der Waals surface area contributed by atoms with Crippen molar-refractivity contribution in [3.8, 4) is 5.82 Å². The molecule has 0 aliphatic carbocycles. The van der Waals surface area contributed by atoms with Crippen LogP contribution in [-0.4, -0.2) is 26.3 Å².